The Bertz CT molecular complexity index is 1100. The van der Waals surface area contributed by atoms with Crippen LogP contribution < -0.4 is 4.90 Å². The number of benzene rings is 2. The Morgan fingerprint density at radius 2 is 1.83 bits per heavy atom. The van der Waals surface area contributed by atoms with Crippen molar-refractivity contribution in [2.45, 2.75) is 6.54 Å². The molecule has 2 aliphatic heterocycles. The average Bonchev–Trinajstić information content (AvgIpc) is 3.15. The summed E-state index contributed by atoms with van der Waals surface area (Å²) in [5.41, 5.74) is 2.57. The van der Waals surface area contributed by atoms with E-state index in [2.05, 4.69) is 0 Å². The minimum absolute atomic E-state index is 0.255. The molecule has 2 aromatic carbocycles. The standard InChI is InChI=1S/C21H16Cl2N2O3S2/c1-28-9-8-24-20(27)18(30-21(24)29)17-14-4-2-3-5-16(14)25(19(17)26)11-12-6-7-13(22)10-15(12)23/h2-7,10H,8-9,11H2,1H3. The maximum atomic E-state index is 13.5. The number of para-hydroxylation sites is 1. The average molecular weight is 479 g/mol. The van der Waals surface area contributed by atoms with Crippen LogP contribution in [-0.2, 0) is 20.9 Å². The molecular formula is C21H16Cl2N2O3S2. The van der Waals surface area contributed by atoms with Crippen molar-refractivity contribution in [3.63, 3.8) is 0 Å². The first kappa shape index (κ1) is 21.3. The second kappa shape index (κ2) is 8.69. The largest absolute Gasteiger partial charge is 0.383 e. The van der Waals surface area contributed by atoms with E-state index >= 15 is 0 Å². The molecule has 1 saturated heterocycles. The molecule has 2 aromatic rings. The molecule has 0 aliphatic carbocycles. The molecule has 4 rings (SSSR count). The highest BCUT2D eigenvalue weighted by Gasteiger charge is 2.41. The van der Waals surface area contributed by atoms with Gasteiger partial charge in [-0.25, -0.2) is 0 Å². The summed E-state index contributed by atoms with van der Waals surface area (Å²) in [6.07, 6.45) is 0. The molecule has 0 saturated carbocycles. The van der Waals surface area contributed by atoms with Gasteiger partial charge in [0.15, 0.2) is 0 Å². The number of ether oxygens (including phenoxy) is 1. The molecule has 154 valence electrons. The van der Waals surface area contributed by atoms with E-state index in [4.69, 9.17) is 40.2 Å². The lowest BCUT2D eigenvalue weighted by Crippen LogP contribution is -2.32. The highest BCUT2D eigenvalue weighted by molar-refractivity contribution is 8.26. The van der Waals surface area contributed by atoms with Gasteiger partial charge in [0, 0.05) is 22.7 Å². The SMILES string of the molecule is COCCN1C(=O)C(=C2C(=O)N(Cc3ccc(Cl)cc3Cl)c3ccccc32)SC1=S. The number of hydrogen-bond acceptors (Lipinski definition) is 5. The van der Waals surface area contributed by atoms with Crippen LogP contribution in [-0.4, -0.2) is 41.3 Å². The Balaban J connectivity index is 1.74. The Hall–Kier alpha value is -1.90. The fourth-order valence-electron chi connectivity index (χ4n) is 3.40. The van der Waals surface area contributed by atoms with Crippen LogP contribution in [0, 0.1) is 0 Å². The number of hydrogen-bond donors (Lipinski definition) is 0. The van der Waals surface area contributed by atoms with Crippen molar-refractivity contribution in [2.24, 2.45) is 0 Å². The van der Waals surface area contributed by atoms with Gasteiger partial charge in [-0.05, 0) is 23.8 Å². The van der Waals surface area contributed by atoms with Crippen molar-refractivity contribution < 1.29 is 14.3 Å². The molecule has 2 amide bonds. The number of halogens is 2. The first-order valence-electron chi connectivity index (χ1n) is 9.04. The molecule has 30 heavy (non-hydrogen) atoms. The molecule has 2 aliphatic rings. The third-order valence-electron chi connectivity index (χ3n) is 4.86. The molecule has 0 N–H and O–H groups in total. The first-order chi connectivity index (χ1) is 14.4. The molecule has 0 atom stereocenters. The summed E-state index contributed by atoms with van der Waals surface area (Å²) in [7, 11) is 1.56. The second-order valence-electron chi connectivity index (χ2n) is 6.67. The van der Waals surface area contributed by atoms with Gasteiger partial charge in [0.2, 0.25) is 0 Å². The molecule has 0 aromatic heterocycles. The van der Waals surface area contributed by atoms with E-state index in [0.29, 0.717) is 43.6 Å². The fourth-order valence-corrected chi connectivity index (χ4v) is 5.25. The second-order valence-corrected chi connectivity index (χ2v) is 9.15. The zero-order valence-corrected chi connectivity index (χ0v) is 19.0. The zero-order valence-electron chi connectivity index (χ0n) is 15.9. The van der Waals surface area contributed by atoms with Crippen LogP contribution in [0.4, 0.5) is 5.69 Å². The normalized spacial score (nSPS) is 18.6. The van der Waals surface area contributed by atoms with Gasteiger partial charge in [-0.3, -0.25) is 14.5 Å². The van der Waals surface area contributed by atoms with Crippen LogP contribution in [0.2, 0.25) is 10.0 Å². The number of thiocarbonyl (C=S) groups is 1. The maximum Gasteiger partial charge on any atom is 0.267 e. The summed E-state index contributed by atoms with van der Waals surface area (Å²) in [5, 5.41) is 1.00. The van der Waals surface area contributed by atoms with Crippen molar-refractivity contribution in [1.82, 2.24) is 4.90 Å². The lowest BCUT2D eigenvalue weighted by molar-refractivity contribution is -0.123. The van der Waals surface area contributed by atoms with Crippen LogP contribution >= 0.6 is 47.2 Å². The lowest BCUT2D eigenvalue weighted by atomic mass is 10.1. The quantitative estimate of drug-likeness (QED) is 0.458. The van der Waals surface area contributed by atoms with E-state index in [9.17, 15) is 9.59 Å². The summed E-state index contributed by atoms with van der Waals surface area (Å²) in [4.78, 5) is 29.9. The monoisotopic (exact) mass is 478 g/mol. The van der Waals surface area contributed by atoms with E-state index in [0.717, 1.165) is 23.0 Å². The number of carbonyl (C=O) groups excluding carboxylic acids is 2. The van der Waals surface area contributed by atoms with Gasteiger partial charge in [0.05, 0.1) is 35.9 Å². The van der Waals surface area contributed by atoms with Crippen LogP contribution in [0.1, 0.15) is 11.1 Å². The minimum atomic E-state index is -0.272. The van der Waals surface area contributed by atoms with Crippen molar-refractivity contribution in [1.29, 1.82) is 0 Å². The summed E-state index contributed by atoms with van der Waals surface area (Å²) in [6.45, 7) is 0.970. The van der Waals surface area contributed by atoms with Crippen molar-refractivity contribution in [3.05, 3.63) is 68.5 Å². The van der Waals surface area contributed by atoms with Crippen molar-refractivity contribution in [3.8, 4) is 0 Å². The summed E-state index contributed by atoms with van der Waals surface area (Å²) >= 11 is 18.8. The maximum absolute atomic E-state index is 13.5. The van der Waals surface area contributed by atoms with E-state index < -0.39 is 0 Å². The molecule has 0 radical (unpaired) electrons. The van der Waals surface area contributed by atoms with Gasteiger partial charge < -0.3 is 9.64 Å². The third-order valence-corrected chi connectivity index (χ3v) is 6.90. The molecule has 0 unspecified atom stereocenters. The van der Waals surface area contributed by atoms with E-state index in [1.54, 1.807) is 30.2 Å². The zero-order chi connectivity index (χ0) is 21.4. The Morgan fingerprint density at radius 1 is 1.07 bits per heavy atom. The topological polar surface area (TPSA) is 49.9 Å². The summed E-state index contributed by atoms with van der Waals surface area (Å²) < 4.78 is 5.49. The molecule has 1 fully saturated rings. The van der Waals surface area contributed by atoms with Crippen LogP contribution in [0.25, 0.3) is 5.57 Å². The van der Waals surface area contributed by atoms with Gasteiger partial charge in [-0.15, -0.1) is 0 Å². The number of fused-ring (bicyclic) bond motifs is 1. The van der Waals surface area contributed by atoms with Gasteiger partial charge >= 0.3 is 0 Å². The number of methoxy groups -OCH3 is 1. The smallest absolute Gasteiger partial charge is 0.267 e. The third kappa shape index (κ3) is 3.76. The fraction of sp³-hybridized carbons (Fsp3) is 0.190. The summed E-state index contributed by atoms with van der Waals surface area (Å²) in [5.74, 6) is -0.527. The van der Waals surface area contributed by atoms with E-state index in [-0.39, 0.29) is 18.4 Å². The minimum Gasteiger partial charge on any atom is -0.383 e. The first-order valence-corrected chi connectivity index (χ1v) is 11.0. The molecule has 9 heteroatoms. The molecule has 5 nitrogen and oxygen atoms in total. The van der Waals surface area contributed by atoms with Crippen LogP contribution in [0.3, 0.4) is 0 Å². The van der Waals surface area contributed by atoms with Crippen LogP contribution in [0.5, 0.6) is 0 Å². The predicted octanol–water partition coefficient (Wildman–Crippen LogP) is 4.76. The highest BCUT2D eigenvalue weighted by Crippen LogP contribution is 2.45. The van der Waals surface area contributed by atoms with Gasteiger partial charge in [0.1, 0.15) is 4.32 Å². The van der Waals surface area contributed by atoms with Gasteiger partial charge in [-0.2, -0.15) is 0 Å². The van der Waals surface area contributed by atoms with Crippen molar-refractivity contribution in [2.75, 3.05) is 25.2 Å². The van der Waals surface area contributed by atoms with Crippen LogP contribution in [0.15, 0.2) is 47.4 Å². The number of rotatable bonds is 5. The number of carbonyl (C=O) groups is 2. The number of nitrogens with zero attached hydrogens (tertiary/aromatic N) is 2. The molecule has 2 heterocycles. The number of anilines is 1. The highest BCUT2D eigenvalue weighted by atomic mass is 35.5. The van der Waals surface area contributed by atoms with Crippen molar-refractivity contribution >= 4 is 74.6 Å². The Morgan fingerprint density at radius 3 is 2.57 bits per heavy atom. The molecular weight excluding hydrogens is 463 g/mol. The lowest BCUT2D eigenvalue weighted by Gasteiger charge is -2.18. The Labute approximate surface area is 193 Å². The van der Waals surface area contributed by atoms with Gasteiger partial charge in [0.25, 0.3) is 11.8 Å². The van der Waals surface area contributed by atoms with E-state index in [1.165, 1.54) is 4.90 Å². The van der Waals surface area contributed by atoms with Gasteiger partial charge in [-0.1, -0.05) is 71.4 Å². The number of thioether (sulfide) groups is 1. The number of amides is 2. The molecule has 0 spiro atoms. The van der Waals surface area contributed by atoms with E-state index in [1.807, 2.05) is 24.3 Å². The summed E-state index contributed by atoms with van der Waals surface area (Å²) in [6, 6.07) is 12.6. The predicted molar refractivity (Wildman–Crippen MR) is 125 cm³/mol. The Kier molecular flexibility index (Phi) is 6.18. The molecule has 0 bridgehead atoms.